The first-order valence-corrected chi connectivity index (χ1v) is 8.90. The van der Waals surface area contributed by atoms with E-state index < -0.39 is 0 Å². The largest absolute Gasteiger partial charge is 0.497 e. The molecule has 0 N–H and O–H groups in total. The minimum Gasteiger partial charge on any atom is -0.497 e. The van der Waals surface area contributed by atoms with Gasteiger partial charge in [-0.1, -0.05) is 49.7 Å². The molecular formula is C22H27NO2. The summed E-state index contributed by atoms with van der Waals surface area (Å²) in [5.74, 6) is 1.08. The van der Waals surface area contributed by atoms with Crippen molar-refractivity contribution in [3.05, 3.63) is 64.7 Å². The number of benzene rings is 2. The number of carbonyl (C=O) groups excluding carboxylic acids is 1. The molecule has 0 saturated carbocycles. The minimum absolute atomic E-state index is 0.167. The maximum absolute atomic E-state index is 12.9. The average molecular weight is 337 g/mol. The van der Waals surface area contributed by atoms with Gasteiger partial charge in [-0.25, -0.2) is 0 Å². The lowest BCUT2D eigenvalue weighted by atomic mass is 9.80. The molecular weight excluding hydrogens is 310 g/mol. The summed E-state index contributed by atoms with van der Waals surface area (Å²) in [5, 5.41) is 0. The van der Waals surface area contributed by atoms with E-state index in [1.54, 1.807) is 7.11 Å². The lowest BCUT2D eigenvalue weighted by Gasteiger charge is -2.33. The number of amides is 1. The number of rotatable bonds is 4. The number of aryl methyl sites for hydroxylation is 1. The molecule has 0 fully saturated rings. The molecule has 132 valence electrons. The molecule has 0 aliphatic carbocycles. The zero-order chi connectivity index (χ0) is 18.0. The Morgan fingerprint density at radius 2 is 1.84 bits per heavy atom. The van der Waals surface area contributed by atoms with Gasteiger partial charge in [-0.2, -0.15) is 0 Å². The first kappa shape index (κ1) is 17.5. The van der Waals surface area contributed by atoms with Crippen LogP contribution in [0.1, 0.15) is 42.5 Å². The fourth-order valence-electron chi connectivity index (χ4n) is 3.47. The predicted octanol–water partition coefficient (Wildman–Crippen LogP) is 4.26. The second-order valence-electron chi connectivity index (χ2n) is 7.63. The van der Waals surface area contributed by atoms with Crippen molar-refractivity contribution in [2.45, 2.75) is 45.6 Å². The Morgan fingerprint density at radius 1 is 1.12 bits per heavy atom. The monoisotopic (exact) mass is 337 g/mol. The number of ether oxygens (including phenoxy) is 1. The number of methoxy groups -OCH3 is 1. The topological polar surface area (TPSA) is 29.5 Å². The average Bonchev–Trinajstić information content (AvgIpc) is 2.60. The summed E-state index contributed by atoms with van der Waals surface area (Å²) in [6.07, 6.45) is 1.44. The standard InChI is InChI=1S/C22H27NO2/c1-16-5-8-19(9-6-16)22(2,3)14-21(24)23-12-11-17-7-10-20(25-4)13-18(17)15-23/h5-10,13H,11-12,14-15H2,1-4H3. The molecule has 0 unspecified atom stereocenters. The number of hydrogen-bond donors (Lipinski definition) is 0. The van der Waals surface area contributed by atoms with Crippen molar-refractivity contribution in [3.63, 3.8) is 0 Å². The zero-order valence-electron chi connectivity index (χ0n) is 15.6. The van der Waals surface area contributed by atoms with Gasteiger partial charge in [0.2, 0.25) is 5.91 Å². The van der Waals surface area contributed by atoms with Gasteiger partial charge in [0.1, 0.15) is 5.75 Å². The van der Waals surface area contributed by atoms with Crippen molar-refractivity contribution in [1.29, 1.82) is 0 Å². The molecule has 1 heterocycles. The van der Waals surface area contributed by atoms with Gasteiger partial charge in [0, 0.05) is 19.5 Å². The number of hydrogen-bond acceptors (Lipinski definition) is 2. The summed E-state index contributed by atoms with van der Waals surface area (Å²) >= 11 is 0. The first-order valence-electron chi connectivity index (χ1n) is 8.90. The highest BCUT2D eigenvalue weighted by molar-refractivity contribution is 5.78. The molecule has 2 aromatic rings. The molecule has 3 heteroatoms. The lowest BCUT2D eigenvalue weighted by Crippen LogP contribution is -2.39. The molecule has 1 amide bonds. The van der Waals surface area contributed by atoms with Gasteiger partial charge >= 0.3 is 0 Å². The van der Waals surface area contributed by atoms with E-state index in [-0.39, 0.29) is 11.3 Å². The van der Waals surface area contributed by atoms with Gasteiger partial charge in [0.05, 0.1) is 7.11 Å². The highest BCUT2D eigenvalue weighted by Gasteiger charge is 2.28. The van der Waals surface area contributed by atoms with Crippen LogP contribution in [0.25, 0.3) is 0 Å². The van der Waals surface area contributed by atoms with Crippen molar-refractivity contribution in [3.8, 4) is 5.75 Å². The second kappa shape index (κ2) is 6.91. The Balaban J connectivity index is 1.72. The predicted molar refractivity (Wildman–Crippen MR) is 101 cm³/mol. The third kappa shape index (κ3) is 3.87. The molecule has 1 aliphatic rings. The van der Waals surface area contributed by atoms with Crippen LogP contribution in [0.3, 0.4) is 0 Å². The van der Waals surface area contributed by atoms with E-state index in [1.165, 1.54) is 22.3 Å². The molecule has 25 heavy (non-hydrogen) atoms. The van der Waals surface area contributed by atoms with Crippen LogP contribution in [0, 0.1) is 6.92 Å². The van der Waals surface area contributed by atoms with Gasteiger partial charge in [0.15, 0.2) is 0 Å². The van der Waals surface area contributed by atoms with E-state index in [0.29, 0.717) is 13.0 Å². The molecule has 0 saturated heterocycles. The summed E-state index contributed by atoms with van der Waals surface area (Å²) < 4.78 is 5.32. The smallest absolute Gasteiger partial charge is 0.223 e. The molecule has 0 radical (unpaired) electrons. The summed E-state index contributed by atoms with van der Waals surface area (Å²) in [6.45, 7) is 7.85. The van der Waals surface area contributed by atoms with Crippen molar-refractivity contribution < 1.29 is 9.53 Å². The van der Waals surface area contributed by atoms with Gasteiger partial charge in [-0.05, 0) is 47.6 Å². The third-order valence-electron chi connectivity index (χ3n) is 5.20. The van der Waals surface area contributed by atoms with Gasteiger partial charge in [-0.3, -0.25) is 4.79 Å². The third-order valence-corrected chi connectivity index (χ3v) is 5.20. The van der Waals surface area contributed by atoms with Crippen LogP contribution in [0.5, 0.6) is 5.75 Å². The SMILES string of the molecule is COc1ccc2c(c1)CN(C(=O)CC(C)(C)c1ccc(C)cc1)CC2. The van der Waals surface area contributed by atoms with Crippen LogP contribution in [0.15, 0.2) is 42.5 Å². The molecule has 0 bridgehead atoms. The summed E-state index contributed by atoms with van der Waals surface area (Å²) in [4.78, 5) is 14.9. The second-order valence-corrected chi connectivity index (χ2v) is 7.63. The van der Waals surface area contributed by atoms with Gasteiger partial charge in [0.25, 0.3) is 0 Å². The Labute approximate surface area is 150 Å². The normalized spacial score (nSPS) is 14.2. The van der Waals surface area contributed by atoms with E-state index in [9.17, 15) is 4.79 Å². The Morgan fingerprint density at radius 3 is 2.52 bits per heavy atom. The molecule has 1 aliphatic heterocycles. The maximum Gasteiger partial charge on any atom is 0.223 e. The van der Waals surface area contributed by atoms with E-state index in [4.69, 9.17) is 4.74 Å². The fourth-order valence-corrected chi connectivity index (χ4v) is 3.47. The Kier molecular flexibility index (Phi) is 4.85. The van der Waals surface area contributed by atoms with E-state index in [2.05, 4.69) is 57.2 Å². The summed E-state index contributed by atoms with van der Waals surface area (Å²) in [6, 6.07) is 14.7. The quantitative estimate of drug-likeness (QED) is 0.834. The highest BCUT2D eigenvalue weighted by Crippen LogP contribution is 2.30. The lowest BCUT2D eigenvalue weighted by molar-refractivity contribution is -0.133. The number of nitrogens with zero attached hydrogens (tertiary/aromatic N) is 1. The number of carbonyl (C=O) groups is 1. The zero-order valence-corrected chi connectivity index (χ0v) is 15.6. The fraction of sp³-hybridized carbons (Fsp3) is 0.409. The van der Waals surface area contributed by atoms with Gasteiger partial charge in [-0.15, -0.1) is 0 Å². The molecule has 0 spiro atoms. The van der Waals surface area contributed by atoms with E-state index in [0.717, 1.165) is 18.7 Å². The van der Waals surface area contributed by atoms with E-state index >= 15 is 0 Å². The van der Waals surface area contributed by atoms with Crippen molar-refractivity contribution in [2.24, 2.45) is 0 Å². The van der Waals surface area contributed by atoms with Crippen LogP contribution < -0.4 is 4.74 Å². The molecule has 3 nitrogen and oxygen atoms in total. The van der Waals surface area contributed by atoms with Crippen molar-refractivity contribution in [1.82, 2.24) is 4.90 Å². The molecule has 3 rings (SSSR count). The van der Waals surface area contributed by atoms with Crippen LogP contribution in [0.2, 0.25) is 0 Å². The summed E-state index contributed by atoms with van der Waals surface area (Å²) in [7, 11) is 1.68. The van der Waals surface area contributed by atoms with Crippen LogP contribution >= 0.6 is 0 Å². The number of fused-ring (bicyclic) bond motifs is 1. The molecule has 0 aromatic heterocycles. The van der Waals surface area contributed by atoms with Crippen LogP contribution in [-0.4, -0.2) is 24.5 Å². The van der Waals surface area contributed by atoms with Crippen molar-refractivity contribution in [2.75, 3.05) is 13.7 Å². The van der Waals surface area contributed by atoms with Crippen molar-refractivity contribution >= 4 is 5.91 Å². The maximum atomic E-state index is 12.9. The van der Waals surface area contributed by atoms with E-state index in [1.807, 2.05) is 11.0 Å². The van der Waals surface area contributed by atoms with Gasteiger partial charge < -0.3 is 9.64 Å². The van der Waals surface area contributed by atoms with Crippen LogP contribution in [-0.2, 0) is 23.2 Å². The molecule has 2 aromatic carbocycles. The molecule has 0 atom stereocenters. The first-order chi connectivity index (χ1) is 11.9. The summed E-state index contributed by atoms with van der Waals surface area (Å²) in [5.41, 5.74) is 4.81. The highest BCUT2D eigenvalue weighted by atomic mass is 16.5. The Bertz CT molecular complexity index is 762. The van der Waals surface area contributed by atoms with Crippen LogP contribution in [0.4, 0.5) is 0 Å². The Hall–Kier alpha value is -2.29. The minimum atomic E-state index is -0.167.